The van der Waals surface area contributed by atoms with Gasteiger partial charge in [0, 0.05) is 0 Å². The third-order valence-electron chi connectivity index (χ3n) is 4.21. The lowest BCUT2D eigenvalue weighted by atomic mass is 9.79. The Kier molecular flexibility index (Phi) is 3.55. The highest BCUT2D eigenvalue weighted by Gasteiger charge is 2.23. The van der Waals surface area contributed by atoms with Gasteiger partial charge in [-0.25, -0.2) is 0 Å². The van der Waals surface area contributed by atoms with E-state index >= 15 is 0 Å². The Bertz CT molecular complexity index is 373. The second-order valence-corrected chi connectivity index (χ2v) is 5.79. The Morgan fingerprint density at radius 3 is 2.39 bits per heavy atom. The largest absolute Gasteiger partial charge is 0.491 e. The second-order valence-electron chi connectivity index (χ2n) is 5.79. The molecule has 1 aliphatic carbocycles. The molecule has 2 nitrogen and oxygen atoms in total. The van der Waals surface area contributed by atoms with Crippen molar-refractivity contribution in [2.24, 2.45) is 5.92 Å². The summed E-state index contributed by atoms with van der Waals surface area (Å²) in [5, 5.41) is 0. The van der Waals surface area contributed by atoms with Crippen molar-refractivity contribution in [2.75, 3.05) is 13.2 Å². The van der Waals surface area contributed by atoms with Gasteiger partial charge in [-0.1, -0.05) is 31.9 Å². The molecule has 0 amide bonds. The van der Waals surface area contributed by atoms with Crippen molar-refractivity contribution < 1.29 is 9.47 Å². The molecule has 2 aliphatic rings. The van der Waals surface area contributed by atoms with Crippen LogP contribution >= 0.6 is 0 Å². The Balaban J connectivity index is 1.56. The van der Waals surface area contributed by atoms with Crippen LogP contribution in [0.4, 0.5) is 0 Å². The molecule has 98 valence electrons. The lowest BCUT2D eigenvalue weighted by molar-refractivity contribution is 0.263. The Hall–Kier alpha value is -1.02. The molecule has 0 aromatic heterocycles. The molecule has 0 radical (unpaired) electrons. The number of epoxide rings is 1. The predicted molar refractivity (Wildman–Crippen MR) is 72.1 cm³/mol. The van der Waals surface area contributed by atoms with E-state index in [4.69, 9.17) is 9.47 Å². The average Bonchev–Trinajstić information content (AvgIpc) is 3.22. The molecule has 1 unspecified atom stereocenters. The van der Waals surface area contributed by atoms with Gasteiger partial charge in [-0.2, -0.15) is 0 Å². The van der Waals surface area contributed by atoms with Gasteiger partial charge in [0.05, 0.1) is 6.61 Å². The number of benzene rings is 1. The Labute approximate surface area is 109 Å². The van der Waals surface area contributed by atoms with Gasteiger partial charge in [0.15, 0.2) is 0 Å². The summed E-state index contributed by atoms with van der Waals surface area (Å²) in [6.45, 7) is 3.92. The summed E-state index contributed by atoms with van der Waals surface area (Å²) in [6.07, 6.45) is 5.78. The minimum atomic E-state index is 0.338. The average molecular weight is 246 g/mol. The summed E-state index contributed by atoms with van der Waals surface area (Å²) in [6, 6.07) is 8.69. The van der Waals surface area contributed by atoms with E-state index in [9.17, 15) is 0 Å². The predicted octanol–water partition coefficient (Wildman–Crippen LogP) is 3.76. The van der Waals surface area contributed by atoms with E-state index in [0.29, 0.717) is 12.7 Å². The molecule has 0 N–H and O–H groups in total. The monoisotopic (exact) mass is 246 g/mol. The molecule has 1 aromatic carbocycles. The lowest BCUT2D eigenvalue weighted by Gasteiger charge is -2.26. The van der Waals surface area contributed by atoms with Gasteiger partial charge < -0.3 is 9.47 Å². The molecule has 1 atom stereocenters. The van der Waals surface area contributed by atoms with Gasteiger partial charge in [0.2, 0.25) is 0 Å². The van der Waals surface area contributed by atoms with Crippen molar-refractivity contribution in [3.8, 4) is 5.75 Å². The molecule has 1 saturated carbocycles. The van der Waals surface area contributed by atoms with Gasteiger partial charge in [0.1, 0.15) is 18.5 Å². The quantitative estimate of drug-likeness (QED) is 0.755. The van der Waals surface area contributed by atoms with E-state index in [1.54, 1.807) is 0 Å². The minimum Gasteiger partial charge on any atom is -0.491 e. The zero-order valence-corrected chi connectivity index (χ0v) is 11.1. The first-order chi connectivity index (χ1) is 8.81. The minimum absolute atomic E-state index is 0.338. The molecule has 1 aliphatic heterocycles. The maximum Gasteiger partial charge on any atom is 0.119 e. The third-order valence-corrected chi connectivity index (χ3v) is 4.21. The lowest BCUT2D eigenvalue weighted by Crippen LogP contribution is -2.10. The maximum atomic E-state index is 5.66. The highest BCUT2D eigenvalue weighted by atomic mass is 16.6. The molecule has 0 spiro atoms. The van der Waals surface area contributed by atoms with Crippen LogP contribution in [-0.4, -0.2) is 19.3 Å². The topological polar surface area (TPSA) is 21.8 Å². The third kappa shape index (κ3) is 3.05. The molecule has 1 aromatic rings. The second kappa shape index (κ2) is 5.31. The van der Waals surface area contributed by atoms with Crippen molar-refractivity contribution in [2.45, 2.75) is 44.6 Å². The van der Waals surface area contributed by atoms with Crippen LogP contribution in [0.5, 0.6) is 5.75 Å². The number of ether oxygens (including phenoxy) is 2. The van der Waals surface area contributed by atoms with Crippen LogP contribution in [-0.2, 0) is 4.74 Å². The molecule has 0 bridgehead atoms. The number of rotatable bonds is 4. The van der Waals surface area contributed by atoms with Gasteiger partial charge in [0.25, 0.3) is 0 Å². The fourth-order valence-corrected chi connectivity index (χ4v) is 2.78. The Morgan fingerprint density at radius 1 is 1.11 bits per heavy atom. The first-order valence-electron chi connectivity index (χ1n) is 7.15. The molecule has 1 heterocycles. The van der Waals surface area contributed by atoms with E-state index in [2.05, 4.69) is 31.2 Å². The molecule has 3 rings (SSSR count). The molecule has 2 fully saturated rings. The molecule has 2 heteroatoms. The van der Waals surface area contributed by atoms with Crippen LogP contribution in [0.2, 0.25) is 0 Å². The zero-order chi connectivity index (χ0) is 12.4. The van der Waals surface area contributed by atoms with Gasteiger partial charge >= 0.3 is 0 Å². The summed E-state index contributed by atoms with van der Waals surface area (Å²) < 4.78 is 10.8. The van der Waals surface area contributed by atoms with Crippen LogP contribution in [0.25, 0.3) is 0 Å². The Morgan fingerprint density at radius 2 is 1.78 bits per heavy atom. The molecule has 18 heavy (non-hydrogen) atoms. The highest BCUT2D eigenvalue weighted by Crippen LogP contribution is 2.35. The fourth-order valence-electron chi connectivity index (χ4n) is 2.78. The number of hydrogen-bond donors (Lipinski definition) is 0. The molecule has 1 saturated heterocycles. The van der Waals surface area contributed by atoms with Crippen LogP contribution in [0.15, 0.2) is 24.3 Å². The number of hydrogen-bond acceptors (Lipinski definition) is 2. The van der Waals surface area contributed by atoms with Crippen molar-refractivity contribution in [3.63, 3.8) is 0 Å². The smallest absolute Gasteiger partial charge is 0.119 e. The molecular formula is C16H22O2. The molecular weight excluding hydrogens is 224 g/mol. The summed E-state index contributed by atoms with van der Waals surface area (Å²) in [5.74, 6) is 2.66. The van der Waals surface area contributed by atoms with Crippen molar-refractivity contribution in [3.05, 3.63) is 29.8 Å². The highest BCUT2D eigenvalue weighted by molar-refractivity contribution is 5.29. The van der Waals surface area contributed by atoms with Gasteiger partial charge in [-0.15, -0.1) is 0 Å². The van der Waals surface area contributed by atoms with Gasteiger partial charge in [-0.3, -0.25) is 0 Å². The fraction of sp³-hybridized carbons (Fsp3) is 0.625. The van der Waals surface area contributed by atoms with Crippen LogP contribution < -0.4 is 4.74 Å². The maximum absolute atomic E-state index is 5.66. The zero-order valence-electron chi connectivity index (χ0n) is 11.1. The summed E-state index contributed by atoms with van der Waals surface area (Å²) in [4.78, 5) is 0. The normalized spacial score (nSPS) is 31.1. The van der Waals surface area contributed by atoms with E-state index < -0.39 is 0 Å². The summed E-state index contributed by atoms with van der Waals surface area (Å²) >= 11 is 0. The van der Waals surface area contributed by atoms with Crippen molar-refractivity contribution in [1.82, 2.24) is 0 Å². The SMILES string of the molecule is CC1CCC(c2ccc(OCC3CO3)cc2)CC1. The summed E-state index contributed by atoms with van der Waals surface area (Å²) in [5.41, 5.74) is 1.48. The van der Waals surface area contributed by atoms with E-state index in [0.717, 1.165) is 24.2 Å². The van der Waals surface area contributed by atoms with Crippen molar-refractivity contribution >= 4 is 0 Å². The summed E-state index contributed by atoms with van der Waals surface area (Å²) in [7, 11) is 0. The van der Waals surface area contributed by atoms with Crippen LogP contribution in [0.1, 0.15) is 44.1 Å². The van der Waals surface area contributed by atoms with E-state index in [1.807, 2.05) is 0 Å². The van der Waals surface area contributed by atoms with Crippen LogP contribution in [0.3, 0.4) is 0 Å². The van der Waals surface area contributed by atoms with E-state index in [1.165, 1.54) is 31.2 Å². The van der Waals surface area contributed by atoms with Crippen molar-refractivity contribution in [1.29, 1.82) is 0 Å². The first-order valence-corrected chi connectivity index (χ1v) is 7.15. The van der Waals surface area contributed by atoms with Crippen LogP contribution in [0, 0.1) is 5.92 Å². The first kappa shape index (κ1) is 12.0. The van der Waals surface area contributed by atoms with Gasteiger partial charge in [-0.05, 0) is 42.4 Å². The standard InChI is InChI=1S/C16H22O2/c1-12-2-4-13(5-3-12)14-6-8-15(9-7-14)17-10-16-11-18-16/h6-9,12-13,16H,2-5,10-11H2,1H3. The van der Waals surface area contributed by atoms with E-state index in [-0.39, 0.29) is 0 Å².